The molecule has 1 aromatic carbocycles. The number of nitrogens with zero attached hydrogens (tertiary/aromatic N) is 3. The topological polar surface area (TPSA) is 180 Å². The van der Waals surface area contributed by atoms with Crippen LogP contribution >= 0.6 is 8.18 Å². The molecule has 2 aliphatic rings. The number of benzene rings is 1. The first kappa shape index (κ1) is 36.2. The van der Waals surface area contributed by atoms with Gasteiger partial charge < -0.3 is 34.7 Å². The third kappa shape index (κ3) is 9.87. The fourth-order valence-electron chi connectivity index (χ4n) is 4.42. The van der Waals surface area contributed by atoms with E-state index in [-0.39, 0.29) is 31.8 Å². The van der Waals surface area contributed by atoms with E-state index >= 15 is 4.39 Å². The number of nitrogens with two attached hydrogens (primary N) is 1. The fourth-order valence-corrected chi connectivity index (χ4v) is 5.34. The summed E-state index contributed by atoms with van der Waals surface area (Å²) in [5.41, 5.74) is 3.66. The summed E-state index contributed by atoms with van der Waals surface area (Å²) in [6.07, 6.45) is -2.41. The first-order valence-corrected chi connectivity index (χ1v) is 15.4. The molecule has 7 atom stereocenters. The maximum absolute atomic E-state index is 15.9. The van der Waals surface area contributed by atoms with Crippen molar-refractivity contribution in [3.8, 4) is 5.75 Å². The van der Waals surface area contributed by atoms with Crippen molar-refractivity contribution >= 4 is 26.0 Å². The predicted molar refractivity (Wildman–Crippen MR) is 155 cm³/mol. The number of esters is 2. The van der Waals surface area contributed by atoms with Gasteiger partial charge in [0, 0.05) is 37.0 Å². The molecule has 0 bridgehead atoms. The number of hydrogen-bond donors (Lipinski definition) is 2. The SMILES string of the molecule is COCC[C@@H](N)C(=O)OCN1C(=O)C=CN([C@@H]2O[C@H](CON([C@@H](C)C(=O)OC(C)C)[P+](=O)Oc3ccccc3)C[C@@]2(C)F)C1O. The molecule has 17 heteroatoms. The molecule has 1 amide bonds. The fraction of sp³-hybridized carbons (Fsp3) is 0.607. The average Bonchev–Trinajstić information content (AvgIpc) is 3.29. The zero-order valence-electron chi connectivity index (χ0n) is 25.8. The highest BCUT2D eigenvalue weighted by molar-refractivity contribution is 7.36. The van der Waals surface area contributed by atoms with E-state index in [4.69, 9.17) is 34.0 Å². The molecular weight excluding hydrogens is 618 g/mol. The Balaban J connectivity index is 1.68. The van der Waals surface area contributed by atoms with Gasteiger partial charge >= 0.3 is 20.1 Å². The number of hydrogen-bond acceptors (Lipinski definition) is 13. The number of halogens is 1. The van der Waals surface area contributed by atoms with Gasteiger partial charge in [0.05, 0.1) is 23.6 Å². The van der Waals surface area contributed by atoms with E-state index in [1.807, 2.05) is 0 Å². The first-order valence-electron chi connectivity index (χ1n) is 14.3. The van der Waals surface area contributed by atoms with E-state index in [9.17, 15) is 24.1 Å². The second-order valence-electron chi connectivity index (χ2n) is 10.9. The molecular formula is C28H41FN4O11P+. The standard InChI is InChI=1S/C28H41FN4O11P/c1-18(2)42-24(35)19(3)33(45(38)44-20-9-7-6-8-10-20)41-16-21-15-28(4,29)26(43-21)31-13-11-23(34)32(27(31)37)17-40-25(36)22(30)12-14-39-5/h6-11,13,18-19,21-22,26-27,37H,12,14-17,30H2,1-5H3/q+1/t19-,21-,22+,26+,27?,28+/m0/s1. The molecule has 3 rings (SSSR count). The van der Waals surface area contributed by atoms with Crippen LogP contribution in [0.25, 0.3) is 0 Å². The van der Waals surface area contributed by atoms with Gasteiger partial charge in [-0.1, -0.05) is 18.2 Å². The second-order valence-corrected chi connectivity index (χ2v) is 11.9. The van der Waals surface area contributed by atoms with E-state index in [0.717, 1.165) is 20.7 Å². The average molecular weight is 660 g/mol. The van der Waals surface area contributed by atoms with E-state index in [1.54, 1.807) is 44.2 Å². The van der Waals surface area contributed by atoms with Crippen molar-refractivity contribution in [1.29, 1.82) is 0 Å². The van der Waals surface area contributed by atoms with Gasteiger partial charge in [-0.2, -0.15) is 0 Å². The smallest absolute Gasteiger partial charge is 0.462 e. The van der Waals surface area contributed by atoms with Crippen molar-refractivity contribution in [1.82, 2.24) is 14.6 Å². The van der Waals surface area contributed by atoms with Gasteiger partial charge in [0.25, 0.3) is 5.91 Å². The van der Waals surface area contributed by atoms with Crippen molar-refractivity contribution in [3.63, 3.8) is 0 Å². The molecule has 0 saturated carbocycles. The zero-order valence-corrected chi connectivity index (χ0v) is 26.7. The van der Waals surface area contributed by atoms with Crippen LogP contribution in [0.5, 0.6) is 5.75 Å². The maximum atomic E-state index is 15.9. The van der Waals surface area contributed by atoms with Crippen LogP contribution in [0.1, 0.15) is 40.5 Å². The Kier molecular flexibility index (Phi) is 13.2. The summed E-state index contributed by atoms with van der Waals surface area (Å²) in [4.78, 5) is 45.7. The van der Waals surface area contributed by atoms with Crippen LogP contribution in [0.3, 0.4) is 0 Å². The number of carbonyl (C=O) groups excluding carboxylic acids is 3. The van der Waals surface area contributed by atoms with Crippen LogP contribution in [0.2, 0.25) is 0 Å². The monoisotopic (exact) mass is 659 g/mol. The summed E-state index contributed by atoms with van der Waals surface area (Å²) in [5, 5.41) is 11.0. The van der Waals surface area contributed by atoms with Crippen LogP contribution < -0.4 is 10.3 Å². The van der Waals surface area contributed by atoms with Crippen molar-refractivity contribution < 1.29 is 56.8 Å². The van der Waals surface area contributed by atoms with Gasteiger partial charge in [0.15, 0.2) is 30.4 Å². The van der Waals surface area contributed by atoms with E-state index in [2.05, 4.69) is 0 Å². The number of amides is 1. The van der Waals surface area contributed by atoms with E-state index in [0.29, 0.717) is 0 Å². The number of para-hydroxylation sites is 1. The molecule has 15 nitrogen and oxygen atoms in total. The van der Waals surface area contributed by atoms with Gasteiger partial charge in [-0.25, -0.2) is 8.91 Å². The number of methoxy groups -OCH3 is 1. The quantitative estimate of drug-likeness (QED) is 0.149. The number of carbonyl (C=O) groups is 3. The number of hydroxylamine groups is 1. The molecule has 45 heavy (non-hydrogen) atoms. The summed E-state index contributed by atoms with van der Waals surface area (Å²) in [7, 11) is -1.32. The van der Waals surface area contributed by atoms with Crippen molar-refractivity contribution in [3.05, 3.63) is 42.6 Å². The Morgan fingerprint density at radius 1 is 1.24 bits per heavy atom. The molecule has 1 aromatic rings. The molecule has 2 unspecified atom stereocenters. The molecule has 250 valence electrons. The number of alkyl halides is 1. The molecule has 1 saturated heterocycles. The first-order chi connectivity index (χ1) is 21.2. The van der Waals surface area contributed by atoms with Crippen LogP contribution in [-0.2, 0) is 42.7 Å². The molecule has 2 heterocycles. The minimum Gasteiger partial charge on any atom is -0.462 e. The highest BCUT2D eigenvalue weighted by Gasteiger charge is 2.52. The Bertz CT molecular complexity index is 1210. The third-order valence-electron chi connectivity index (χ3n) is 6.74. The number of aliphatic hydroxyl groups is 1. The summed E-state index contributed by atoms with van der Waals surface area (Å²) >= 11 is 0. The maximum Gasteiger partial charge on any atom is 0.693 e. The van der Waals surface area contributed by atoms with Gasteiger partial charge in [0.2, 0.25) is 6.35 Å². The Hall–Kier alpha value is -3.24. The molecule has 2 aliphatic heterocycles. The lowest BCUT2D eigenvalue weighted by Gasteiger charge is -2.42. The molecule has 0 spiro atoms. The lowest BCUT2D eigenvalue weighted by molar-refractivity contribution is -0.215. The summed E-state index contributed by atoms with van der Waals surface area (Å²) < 4.78 is 55.6. The van der Waals surface area contributed by atoms with Gasteiger partial charge in [-0.3, -0.25) is 24.1 Å². The van der Waals surface area contributed by atoms with Gasteiger partial charge in [-0.15, -0.1) is 0 Å². The van der Waals surface area contributed by atoms with Crippen LogP contribution in [0.4, 0.5) is 4.39 Å². The second kappa shape index (κ2) is 16.4. The Morgan fingerprint density at radius 2 is 1.93 bits per heavy atom. The van der Waals surface area contributed by atoms with Crippen LogP contribution in [-0.4, -0.2) is 107 Å². The third-order valence-corrected chi connectivity index (χ3v) is 7.89. The van der Waals surface area contributed by atoms with Crippen molar-refractivity contribution in [2.24, 2.45) is 5.73 Å². The summed E-state index contributed by atoms with van der Waals surface area (Å²) in [6, 6.07) is 6.06. The van der Waals surface area contributed by atoms with Crippen LogP contribution in [0.15, 0.2) is 42.6 Å². The highest BCUT2D eigenvalue weighted by Crippen LogP contribution is 2.39. The lowest BCUT2D eigenvalue weighted by atomic mass is 10.0. The minimum atomic E-state index is -2.77. The van der Waals surface area contributed by atoms with Crippen molar-refractivity contribution in [2.45, 2.75) is 83.1 Å². The van der Waals surface area contributed by atoms with Gasteiger partial charge in [-0.05, 0) is 46.2 Å². The van der Waals surface area contributed by atoms with Gasteiger partial charge in [0.1, 0.15) is 6.04 Å². The number of aliphatic hydroxyl groups excluding tert-OH is 1. The minimum absolute atomic E-state index is 0.180. The molecule has 0 aromatic heterocycles. The summed E-state index contributed by atoms with van der Waals surface area (Å²) in [5.74, 6) is -1.98. The largest absolute Gasteiger partial charge is 0.693 e. The number of rotatable bonds is 16. The number of ether oxygens (including phenoxy) is 4. The van der Waals surface area contributed by atoms with Crippen LogP contribution in [0, 0.1) is 0 Å². The summed E-state index contributed by atoms with van der Waals surface area (Å²) in [6.45, 7) is 5.18. The highest BCUT2D eigenvalue weighted by atomic mass is 31.1. The molecule has 0 radical (unpaired) electrons. The Labute approximate surface area is 261 Å². The molecule has 1 fully saturated rings. The molecule has 3 N–H and O–H groups in total. The van der Waals surface area contributed by atoms with E-state index in [1.165, 1.54) is 27.2 Å². The molecule has 0 aliphatic carbocycles. The normalized spacial score (nSPS) is 25.0. The Morgan fingerprint density at radius 3 is 2.58 bits per heavy atom. The predicted octanol–water partition coefficient (Wildman–Crippen LogP) is 1.94. The van der Waals surface area contributed by atoms with E-state index < -0.39 is 75.3 Å². The lowest BCUT2D eigenvalue weighted by Crippen LogP contribution is -2.58. The zero-order chi connectivity index (χ0) is 33.3. The van der Waals surface area contributed by atoms with Crippen molar-refractivity contribution in [2.75, 3.05) is 27.1 Å².